The molecule has 0 atom stereocenters. The first-order chi connectivity index (χ1) is 10.3. The second-order valence-corrected chi connectivity index (χ2v) is 4.81. The highest BCUT2D eigenvalue weighted by molar-refractivity contribution is 5.68. The first-order valence-electron chi connectivity index (χ1n) is 7.15. The van der Waals surface area contributed by atoms with E-state index in [1.807, 2.05) is 18.3 Å². The molecule has 4 heteroatoms. The van der Waals surface area contributed by atoms with E-state index >= 15 is 0 Å². The van der Waals surface area contributed by atoms with Gasteiger partial charge < -0.3 is 14.8 Å². The minimum atomic E-state index is 0.760. The quantitative estimate of drug-likeness (QED) is 0.793. The lowest BCUT2D eigenvalue weighted by atomic mass is 10.0. The van der Waals surface area contributed by atoms with Gasteiger partial charge >= 0.3 is 0 Å². The van der Waals surface area contributed by atoms with Crippen LogP contribution in [0.2, 0.25) is 0 Å². The largest absolute Gasteiger partial charge is 0.497 e. The Labute approximate surface area is 126 Å². The maximum Gasteiger partial charge on any atom is 0.137 e. The molecule has 1 aromatic heterocycles. The van der Waals surface area contributed by atoms with E-state index in [4.69, 9.17) is 9.47 Å². The summed E-state index contributed by atoms with van der Waals surface area (Å²) in [6, 6.07) is 8.10. The summed E-state index contributed by atoms with van der Waals surface area (Å²) < 4.78 is 10.6. The van der Waals surface area contributed by atoms with Crippen LogP contribution in [0.15, 0.2) is 36.7 Å². The molecule has 112 valence electrons. The molecule has 0 radical (unpaired) electrons. The van der Waals surface area contributed by atoms with Crippen molar-refractivity contribution in [3.05, 3.63) is 42.2 Å². The van der Waals surface area contributed by atoms with Crippen molar-refractivity contribution in [3.63, 3.8) is 0 Å². The molecule has 0 spiro atoms. The Hall–Kier alpha value is -2.07. The number of pyridine rings is 1. The third-order valence-electron chi connectivity index (χ3n) is 3.31. The Balaban J connectivity index is 2.35. The van der Waals surface area contributed by atoms with E-state index in [0.29, 0.717) is 0 Å². The first kappa shape index (κ1) is 15.3. The fraction of sp³-hybridized carbons (Fsp3) is 0.353. The lowest BCUT2D eigenvalue weighted by molar-refractivity contribution is 0.413. The van der Waals surface area contributed by atoms with Gasteiger partial charge in [-0.15, -0.1) is 0 Å². The minimum Gasteiger partial charge on any atom is -0.497 e. The van der Waals surface area contributed by atoms with Crippen LogP contribution in [0.1, 0.15) is 18.9 Å². The molecule has 0 saturated carbocycles. The van der Waals surface area contributed by atoms with E-state index in [2.05, 4.69) is 29.4 Å². The van der Waals surface area contributed by atoms with E-state index in [-0.39, 0.29) is 0 Å². The lowest BCUT2D eigenvalue weighted by Crippen LogP contribution is -2.14. The van der Waals surface area contributed by atoms with Gasteiger partial charge in [-0.05, 0) is 42.3 Å². The van der Waals surface area contributed by atoms with E-state index < -0.39 is 0 Å². The zero-order chi connectivity index (χ0) is 15.1. The number of nitrogens with zero attached hydrogens (tertiary/aromatic N) is 1. The molecule has 4 nitrogen and oxygen atoms in total. The number of hydrogen-bond acceptors (Lipinski definition) is 4. The molecule has 21 heavy (non-hydrogen) atoms. The number of rotatable bonds is 7. The molecule has 0 bridgehead atoms. The highest BCUT2D eigenvalue weighted by Crippen LogP contribution is 2.29. The lowest BCUT2D eigenvalue weighted by Gasteiger charge is -2.13. The van der Waals surface area contributed by atoms with Gasteiger partial charge in [0, 0.05) is 18.3 Å². The van der Waals surface area contributed by atoms with Gasteiger partial charge in [0.25, 0.3) is 0 Å². The fourth-order valence-electron chi connectivity index (χ4n) is 2.20. The van der Waals surface area contributed by atoms with Crippen molar-refractivity contribution in [2.24, 2.45) is 0 Å². The summed E-state index contributed by atoms with van der Waals surface area (Å²) in [7, 11) is 3.34. The molecule has 0 aliphatic heterocycles. The van der Waals surface area contributed by atoms with E-state index in [9.17, 15) is 0 Å². The van der Waals surface area contributed by atoms with Crippen LogP contribution >= 0.6 is 0 Å². The molecule has 2 aromatic rings. The van der Waals surface area contributed by atoms with Gasteiger partial charge in [0.15, 0.2) is 0 Å². The van der Waals surface area contributed by atoms with Crippen LogP contribution in [0.25, 0.3) is 11.1 Å². The minimum absolute atomic E-state index is 0.760. The fourth-order valence-corrected chi connectivity index (χ4v) is 2.20. The van der Waals surface area contributed by atoms with Gasteiger partial charge in [0.05, 0.1) is 20.4 Å². The molecule has 0 aliphatic rings. The molecule has 1 heterocycles. The van der Waals surface area contributed by atoms with Crippen LogP contribution in [-0.2, 0) is 6.54 Å². The van der Waals surface area contributed by atoms with Crippen LogP contribution in [-0.4, -0.2) is 25.7 Å². The summed E-state index contributed by atoms with van der Waals surface area (Å²) in [6.45, 7) is 3.95. The summed E-state index contributed by atoms with van der Waals surface area (Å²) in [5, 5.41) is 3.43. The molecule has 0 saturated heterocycles. The monoisotopic (exact) mass is 286 g/mol. The summed E-state index contributed by atoms with van der Waals surface area (Å²) in [6.07, 6.45) is 4.68. The standard InChI is InChI=1S/C17H22N2O2/c1-4-7-18-10-13-8-15(20-2)5-6-17(13)14-9-16(21-3)12-19-11-14/h5-6,8-9,11-12,18H,4,7,10H2,1-3H3. The smallest absolute Gasteiger partial charge is 0.137 e. The summed E-state index contributed by atoms with van der Waals surface area (Å²) in [5.74, 6) is 1.62. The van der Waals surface area contributed by atoms with Gasteiger partial charge in [-0.1, -0.05) is 13.0 Å². The van der Waals surface area contributed by atoms with Crippen LogP contribution in [0.5, 0.6) is 11.5 Å². The number of ether oxygens (including phenoxy) is 2. The maximum absolute atomic E-state index is 5.33. The van der Waals surface area contributed by atoms with E-state index in [1.165, 1.54) is 5.56 Å². The topological polar surface area (TPSA) is 43.4 Å². The van der Waals surface area contributed by atoms with Crippen LogP contribution in [0, 0.1) is 0 Å². The molecule has 1 N–H and O–H groups in total. The molecule has 0 fully saturated rings. The van der Waals surface area contributed by atoms with Gasteiger partial charge in [0.1, 0.15) is 11.5 Å². The predicted octanol–water partition coefficient (Wildman–Crippen LogP) is 3.27. The molecule has 0 aliphatic carbocycles. The van der Waals surface area contributed by atoms with Gasteiger partial charge in [-0.25, -0.2) is 0 Å². The number of aromatic nitrogens is 1. The normalized spacial score (nSPS) is 10.4. The Morgan fingerprint density at radius 2 is 1.86 bits per heavy atom. The SMILES string of the molecule is CCCNCc1cc(OC)ccc1-c1cncc(OC)c1. The average molecular weight is 286 g/mol. The third-order valence-corrected chi connectivity index (χ3v) is 3.31. The zero-order valence-corrected chi connectivity index (χ0v) is 12.8. The first-order valence-corrected chi connectivity index (χ1v) is 7.15. The van der Waals surface area contributed by atoms with Gasteiger partial charge in [-0.3, -0.25) is 4.98 Å². The van der Waals surface area contributed by atoms with Crippen LogP contribution in [0.4, 0.5) is 0 Å². The Morgan fingerprint density at radius 3 is 2.57 bits per heavy atom. The summed E-state index contributed by atoms with van der Waals surface area (Å²) in [4.78, 5) is 4.24. The molecule has 0 amide bonds. The molecule has 0 unspecified atom stereocenters. The summed E-state index contributed by atoms with van der Waals surface area (Å²) in [5.41, 5.74) is 3.38. The summed E-state index contributed by atoms with van der Waals surface area (Å²) >= 11 is 0. The molecular formula is C17H22N2O2. The predicted molar refractivity (Wildman–Crippen MR) is 84.8 cm³/mol. The van der Waals surface area contributed by atoms with Crippen molar-refractivity contribution in [1.29, 1.82) is 0 Å². The second kappa shape index (κ2) is 7.64. The van der Waals surface area contributed by atoms with Crippen LogP contribution in [0.3, 0.4) is 0 Å². The maximum atomic E-state index is 5.33. The molecule has 2 rings (SSSR count). The Bertz CT molecular complexity index is 585. The van der Waals surface area contributed by atoms with E-state index in [0.717, 1.165) is 42.1 Å². The van der Waals surface area contributed by atoms with Crippen LogP contribution < -0.4 is 14.8 Å². The highest BCUT2D eigenvalue weighted by atomic mass is 16.5. The number of benzene rings is 1. The van der Waals surface area contributed by atoms with E-state index in [1.54, 1.807) is 20.4 Å². The van der Waals surface area contributed by atoms with Crippen molar-refractivity contribution >= 4 is 0 Å². The van der Waals surface area contributed by atoms with Gasteiger partial charge in [-0.2, -0.15) is 0 Å². The van der Waals surface area contributed by atoms with Crippen molar-refractivity contribution in [2.45, 2.75) is 19.9 Å². The average Bonchev–Trinajstić information content (AvgIpc) is 2.55. The molecule has 1 aromatic carbocycles. The Morgan fingerprint density at radius 1 is 1.05 bits per heavy atom. The molecular weight excluding hydrogens is 264 g/mol. The van der Waals surface area contributed by atoms with Gasteiger partial charge in [0.2, 0.25) is 0 Å². The Kier molecular flexibility index (Phi) is 5.58. The zero-order valence-electron chi connectivity index (χ0n) is 12.8. The van der Waals surface area contributed by atoms with Crippen molar-refractivity contribution in [2.75, 3.05) is 20.8 Å². The number of nitrogens with one attached hydrogen (secondary N) is 1. The number of hydrogen-bond donors (Lipinski definition) is 1. The van der Waals surface area contributed by atoms with Crippen molar-refractivity contribution in [1.82, 2.24) is 10.3 Å². The highest BCUT2D eigenvalue weighted by Gasteiger charge is 2.08. The third kappa shape index (κ3) is 3.95. The number of methoxy groups -OCH3 is 2. The van der Waals surface area contributed by atoms with Crippen molar-refractivity contribution in [3.8, 4) is 22.6 Å². The van der Waals surface area contributed by atoms with Crippen molar-refractivity contribution < 1.29 is 9.47 Å². The second-order valence-electron chi connectivity index (χ2n) is 4.81.